The Bertz CT molecular complexity index is 859. The van der Waals surface area contributed by atoms with Gasteiger partial charge in [0.05, 0.1) is 6.07 Å². The van der Waals surface area contributed by atoms with Crippen molar-refractivity contribution < 1.29 is 4.79 Å². The van der Waals surface area contributed by atoms with E-state index in [9.17, 15) is 4.79 Å². The summed E-state index contributed by atoms with van der Waals surface area (Å²) in [5.41, 5.74) is 1.51. The standard InChI is InChI=1S/C13H10N6OS/c1-8-16-17-13-19(8)18-12(21-13)9-3-2-4-10(7-9)15-11(20)5-6-14/h2-4,7H,5H2,1H3,(H,15,20). The minimum Gasteiger partial charge on any atom is -0.325 e. The van der Waals surface area contributed by atoms with Gasteiger partial charge in [0.25, 0.3) is 0 Å². The fraction of sp³-hybridized carbons (Fsp3) is 0.154. The number of aryl methyl sites for hydroxylation is 1. The maximum absolute atomic E-state index is 11.4. The van der Waals surface area contributed by atoms with Gasteiger partial charge in [0.1, 0.15) is 11.4 Å². The third-order valence-corrected chi connectivity index (χ3v) is 3.73. The summed E-state index contributed by atoms with van der Waals surface area (Å²) in [6.45, 7) is 1.84. The summed E-state index contributed by atoms with van der Waals surface area (Å²) in [6, 6.07) is 9.13. The van der Waals surface area contributed by atoms with Crippen LogP contribution in [0.3, 0.4) is 0 Å². The predicted molar refractivity (Wildman–Crippen MR) is 77.7 cm³/mol. The van der Waals surface area contributed by atoms with E-state index in [0.29, 0.717) is 5.69 Å². The SMILES string of the molecule is Cc1nnc2sc(-c3cccc(NC(=O)CC#N)c3)nn12. The zero-order chi connectivity index (χ0) is 14.8. The Labute approximate surface area is 123 Å². The molecular weight excluding hydrogens is 288 g/mol. The third kappa shape index (κ3) is 2.59. The molecule has 0 fully saturated rings. The van der Waals surface area contributed by atoms with Crippen LogP contribution in [0.15, 0.2) is 24.3 Å². The van der Waals surface area contributed by atoms with E-state index in [-0.39, 0.29) is 12.3 Å². The molecule has 0 aliphatic rings. The van der Waals surface area contributed by atoms with Crippen LogP contribution in [0.25, 0.3) is 15.5 Å². The van der Waals surface area contributed by atoms with Crippen LogP contribution in [0.1, 0.15) is 12.2 Å². The molecule has 1 aromatic carbocycles. The number of amides is 1. The van der Waals surface area contributed by atoms with Crippen molar-refractivity contribution in [3.8, 4) is 16.6 Å². The molecule has 0 unspecified atom stereocenters. The molecule has 1 N–H and O–H groups in total. The number of aromatic nitrogens is 4. The lowest BCUT2D eigenvalue weighted by Crippen LogP contribution is -2.09. The molecule has 1 amide bonds. The molecule has 8 heteroatoms. The van der Waals surface area contributed by atoms with E-state index in [4.69, 9.17) is 5.26 Å². The van der Waals surface area contributed by atoms with Crippen molar-refractivity contribution in [1.82, 2.24) is 19.8 Å². The number of nitriles is 1. The number of nitrogens with zero attached hydrogens (tertiary/aromatic N) is 5. The average molecular weight is 298 g/mol. The first-order chi connectivity index (χ1) is 10.2. The fourth-order valence-electron chi connectivity index (χ4n) is 1.84. The third-order valence-electron chi connectivity index (χ3n) is 2.78. The number of nitrogens with one attached hydrogen (secondary N) is 1. The molecule has 0 aliphatic heterocycles. The fourth-order valence-corrected chi connectivity index (χ4v) is 2.72. The molecule has 0 saturated carbocycles. The molecule has 0 bridgehead atoms. The summed E-state index contributed by atoms with van der Waals surface area (Å²) in [7, 11) is 0. The molecular formula is C13H10N6OS. The highest BCUT2D eigenvalue weighted by molar-refractivity contribution is 7.19. The second-order valence-corrected chi connectivity index (χ2v) is 5.27. The van der Waals surface area contributed by atoms with Crippen LogP contribution in [0, 0.1) is 18.3 Å². The summed E-state index contributed by atoms with van der Waals surface area (Å²) in [5, 5.41) is 24.4. The highest BCUT2D eigenvalue weighted by Crippen LogP contribution is 2.27. The number of rotatable bonds is 3. The topological polar surface area (TPSA) is 96.0 Å². The highest BCUT2D eigenvalue weighted by Gasteiger charge is 2.11. The molecule has 3 aromatic rings. The molecule has 3 rings (SSSR count). The normalized spacial score (nSPS) is 10.5. The van der Waals surface area contributed by atoms with Gasteiger partial charge in [-0.15, -0.1) is 10.2 Å². The lowest BCUT2D eigenvalue weighted by molar-refractivity contribution is -0.115. The number of carbonyl (C=O) groups excluding carboxylic acids is 1. The zero-order valence-electron chi connectivity index (χ0n) is 11.1. The van der Waals surface area contributed by atoms with Gasteiger partial charge in [0, 0.05) is 11.3 Å². The van der Waals surface area contributed by atoms with E-state index in [0.717, 1.165) is 21.4 Å². The summed E-state index contributed by atoms with van der Waals surface area (Å²) in [5.74, 6) is 0.398. The van der Waals surface area contributed by atoms with Crippen LogP contribution < -0.4 is 5.32 Å². The number of hydrogen-bond donors (Lipinski definition) is 1. The monoisotopic (exact) mass is 298 g/mol. The van der Waals surface area contributed by atoms with E-state index in [1.54, 1.807) is 10.6 Å². The Morgan fingerprint density at radius 3 is 3.10 bits per heavy atom. The summed E-state index contributed by atoms with van der Waals surface area (Å²) >= 11 is 1.42. The first kappa shape index (κ1) is 13.2. The molecule has 2 aromatic heterocycles. The van der Waals surface area contributed by atoms with E-state index >= 15 is 0 Å². The first-order valence-corrected chi connectivity index (χ1v) is 6.95. The first-order valence-electron chi connectivity index (χ1n) is 6.13. The number of anilines is 1. The van der Waals surface area contributed by atoms with Gasteiger partial charge in [-0.05, 0) is 19.1 Å². The van der Waals surface area contributed by atoms with Gasteiger partial charge < -0.3 is 5.32 Å². The number of fused-ring (bicyclic) bond motifs is 1. The Morgan fingerprint density at radius 1 is 1.48 bits per heavy atom. The molecule has 0 saturated heterocycles. The largest absolute Gasteiger partial charge is 0.325 e. The molecule has 0 atom stereocenters. The lowest BCUT2D eigenvalue weighted by Gasteiger charge is -2.04. The highest BCUT2D eigenvalue weighted by atomic mass is 32.1. The van der Waals surface area contributed by atoms with Crippen molar-refractivity contribution in [3.05, 3.63) is 30.1 Å². The van der Waals surface area contributed by atoms with Gasteiger partial charge >= 0.3 is 0 Å². The van der Waals surface area contributed by atoms with Crippen molar-refractivity contribution in [1.29, 1.82) is 5.26 Å². The molecule has 104 valence electrons. The van der Waals surface area contributed by atoms with Gasteiger partial charge in [-0.1, -0.05) is 23.5 Å². The average Bonchev–Trinajstić information content (AvgIpc) is 3.02. The summed E-state index contributed by atoms with van der Waals surface area (Å²) in [6.07, 6.45) is -0.167. The van der Waals surface area contributed by atoms with Crippen LogP contribution in [-0.4, -0.2) is 25.7 Å². The van der Waals surface area contributed by atoms with Gasteiger partial charge in [-0.3, -0.25) is 4.79 Å². The Morgan fingerprint density at radius 2 is 2.33 bits per heavy atom. The van der Waals surface area contributed by atoms with E-state index in [1.165, 1.54) is 11.3 Å². The number of hydrogen-bond acceptors (Lipinski definition) is 6. The van der Waals surface area contributed by atoms with Gasteiger partial charge in [0.15, 0.2) is 5.82 Å². The summed E-state index contributed by atoms with van der Waals surface area (Å²) in [4.78, 5) is 12.2. The molecule has 0 spiro atoms. The van der Waals surface area contributed by atoms with Crippen LogP contribution >= 0.6 is 11.3 Å². The van der Waals surface area contributed by atoms with Crippen molar-refractivity contribution in [2.45, 2.75) is 13.3 Å². The summed E-state index contributed by atoms with van der Waals surface area (Å²) < 4.78 is 1.68. The van der Waals surface area contributed by atoms with Gasteiger partial charge in [-0.2, -0.15) is 14.9 Å². The minimum atomic E-state index is -0.330. The van der Waals surface area contributed by atoms with Gasteiger partial charge in [0.2, 0.25) is 10.9 Å². The van der Waals surface area contributed by atoms with E-state index in [1.807, 2.05) is 31.2 Å². The molecule has 21 heavy (non-hydrogen) atoms. The van der Waals surface area contributed by atoms with E-state index in [2.05, 4.69) is 20.6 Å². The molecule has 0 radical (unpaired) electrons. The second kappa shape index (κ2) is 5.30. The molecule has 0 aliphatic carbocycles. The van der Waals surface area contributed by atoms with Gasteiger partial charge in [-0.25, -0.2) is 0 Å². The minimum absolute atomic E-state index is 0.167. The Kier molecular flexibility index (Phi) is 3.33. The van der Waals surface area contributed by atoms with Crippen LogP contribution in [0.4, 0.5) is 5.69 Å². The lowest BCUT2D eigenvalue weighted by atomic mass is 10.2. The zero-order valence-corrected chi connectivity index (χ0v) is 11.9. The van der Waals surface area contributed by atoms with Crippen molar-refractivity contribution >= 4 is 27.9 Å². The van der Waals surface area contributed by atoms with Crippen LogP contribution in [0.5, 0.6) is 0 Å². The van der Waals surface area contributed by atoms with Crippen LogP contribution in [0.2, 0.25) is 0 Å². The van der Waals surface area contributed by atoms with Crippen molar-refractivity contribution in [2.24, 2.45) is 0 Å². The Hall–Kier alpha value is -2.79. The quantitative estimate of drug-likeness (QED) is 0.798. The van der Waals surface area contributed by atoms with E-state index < -0.39 is 0 Å². The predicted octanol–water partition coefficient (Wildman–Crippen LogP) is 2.01. The maximum Gasteiger partial charge on any atom is 0.238 e. The molecule has 2 heterocycles. The number of carbonyl (C=O) groups is 1. The van der Waals surface area contributed by atoms with Crippen molar-refractivity contribution in [3.63, 3.8) is 0 Å². The number of benzene rings is 1. The maximum atomic E-state index is 11.4. The second-order valence-electron chi connectivity index (χ2n) is 4.31. The van der Waals surface area contributed by atoms with Crippen molar-refractivity contribution in [2.75, 3.05) is 5.32 Å². The van der Waals surface area contributed by atoms with Crippen LogP contribution in [-0.2, 0) is 4.79 Å². The Balaban J connectivity index is 1.92. The smallest absolute Gasteiger partial charge is 0.238 e. The molecule has 7 nitrogen and oxygen atoms in total.